The zero-order valence-corrected chi connectivity index (χ0v) is 18.6. The van der Waals surface area contributed by atoms with E-state index in [0.717, 1.165) is 28.2 Å². The van der Waals surface area contributed by atoms with Crippen LogP contribution >= 0.6 is 0 Å². The Balaban J connectivity index is 1.62. The van der Waals surface area contributed by atoms with Gasteiger partial charge >= 0.3 is 0 Å². The maximum atomic E-state index is 13.3. The van der Waals surface area contributed by atoms with Crippen LogP contribution in [0.3, 0.4) is 0 Å². The number of fused-ring (bicyclic) bond motifs is 3. The summed E-state index contributed by atoms with van der Waals surface area (Å²) >= 11 is 0. The van der Waals surface area contributed by atoms with E-state index < -0.39 is 0 Å². The average molecular weight is 410 g/mol. The molecule has 31 heavy (non-hydrogen) atoms. The smallest absolute Gasteiger partial charge is 0.212 e. The third-order valence-corrected chi connectivity index (χ3v) is 6.54. The second-order valence-electron chi connectivity index (χ2n) is 9.11. The Labute approximate surface area is 183 Å². The molecular weight excluding hydrogens is 383 g/mol. The quantitative estimate of drug-likeness (QED) is 0.355. The van der Waals surface area contributed by atoms with Crippen molar-refractivity contribution in [3.05, 3.63) is 95.2 Å². The highest BCUT2D eigenvalue weighted by molar-refractivity contribution is 5.83. The molecule has 2 nitrogen and oxygen atoms in total. The molecule has 0 saturated heterocycles. The molecule has 0 atom stereocenters. The minimum Gasteiger partial charge on any atom is -0.257 e. The molecule has 1 aliphatic carbocycles. The lowest BCUT2D eigenvalue weighted by Gasteiger charge is -2.21. The van der Waals surface area contributed by atoms with Gasteiger partial charge in [-0.05, 0) is 66.4 Å². The second-order valence-corrected chi connectivity index (χ2v) is 9.11. The molecule has 0 unspecified atom stereocenters. The van der Waals surface area contributed by atoms with Crippen molar-refractivity contribution in [2.24, 2.45) is 7.05 Å². The van der Waals surface area contributed by atoms with Gasteiger partial charge in [-0.1, -0.05) is 38.1 Å². The van der Waals surface area contributed by atoms with Gasteiger partial charge in [0.05, 0.1) is 5.69 Å². The zero-order chi connectivity index (χ0) is 21.9. The van der Waals surface area contributed by atoms with E-state index in [9.17, 15) is 4.39 Å². The number of hydrogen-bond acceptors (Lipinski definition) is 1. The van der Waals surface area contributed by atoms with E-state index in [-0.39, 0.29) is 11.2 Å². The second kappa shape index (κ2) is 6.84. The summed E-state index contributed by atoms with van der Waals surface area (Å²) in [7, 11) is 2.07. The first-order valence-electron chi connectivity index (χ1n) is 10.7. The summed E-state index contributed by atoms with van der Waals surface area (Å²) in [5, 5.41) is 0. The molecule has 154 valence electrons. The average Bonchev–Trinajstić information content (AvgIpc) is 2.94. The number of nitrogens with zero attached hydrogens (tertiary/aromatic N) is 2. The van der Waals surface area contributed by atoms with Crippen molar-refractivity contribution in [2.75, 3.05) is 0 Å². The molecule has 0 radical (unpaired) electrons. The van der Waals surface area contributed by atoms with Crippen LogP contribution in [0.4, 0.5) is 4.39 Å². The number of aryl methyl sites for hydroxylation is 3. The van der Waals surface area contributed by atoms with Gasteiger partial charge in [0.2, 0.25) is 5.69 Å². The Morgan fingerprint density at radius 3 is 2.23 bits per heavy atom. The number of pyridine rings is 2. The lowest BCUT2D eigenvalue weighted by Crippen LogP contribution is -2.31. The van der Waals surface area contributed by atoms with Crippen LogP contribution in [-0.2, 0) is 12.5 Å². The van der Waals surface area contributed by atoms with E-state index in [1.165, 1.54) is 39.9 Å². The van der Waals surface area contributed by atoms with Crippen molar-refractivity contribution < 1.29 is 8.96 Å². The topological polar surface area (TPSA) is 16.8 Å². The Hall–Kier alpha value is -3.33. The van der Waals surface area contributed by atoms with Crippen molar-refractivity contribution in [1.82, 2.24) is 4.98 Å². The van der Waals surface area contributed by atoms with Crippen LogP contribution in [0.5, 0.6) is 0 Å². The van der Waals surface area contributed by atoms with Crippen LogP contribution in [0.1, 0.15) is 36.4 Å². The van der Waals surface area contributed by atoms with E-state index >= 15 is 0 Å². The Kier molecular flexibility index (Phi) is 4.33. The largest absolute Gasteiger partial charge is 0.257 e. The molecule has 0 fully saturated rings. The fourth-order valence-electron chi connectivity index (χ4n) is 4.80. The van der Waals surface area contributed by atoms with Gasteiger partial charge in [-0.15, -0.1) is 0 Å². The number of aromatic nitrogens is 2. The van der Waals surface area contributed by atoms with E-state index in [4.69, 9.17) is 4.98 Å². The zero-order valence-electron chi connectivity index (χ0n) is 18.6. The van der Waals surface area contributed by atoms with Gasteiger partial charge in [0, 0.05) is 33.9 Å². The molecular formula is C28H26FN2+. The summed E-state index contributed by atoms with van der Waals surface area (Å²) in [6.07, 6.45) is 2.11. The molecule has 0 spiro atoms. The Morgan fingerprint density at radius 1 is 0.806 bits per heavy atom. The third-order valence-electron chi connectivity index (χ3n) is 6.54. The lowest BCUT2D eigenvalue weighted by atomic mass is 9.83. The molecule has 1 aliphatic rings. The molecule has 5 rings (SSSR count). The molecule has 4 aromatic rings. The first-order valence-corrected chi connectivity index (χ1v) is 10.7. The van der Waals surface area contributed by atoms with Crippen molar-refractivity contribution in [3.63, 3.8) is 0 Å². The molecule has 2 heterocycles. The molecule has 0 aliphatic heterocycles. The summed E-state index contributed by atoms with van der Waals surface area (Å²) in [4.78, 5) is 4.89. The van der Waals surface area contributed by atoms with Gasteiger partial charge in [0.25, 0.3) is 0 Å². The summed E-state index contributed by atoms with van der Waals surface area (Å²) < 4.78 is 15.5. The fraction of sp³-hybridized carbons (Fsp3) is 0.214. The highest BCUT2D eigenvalue weighted by atomic mass is 19.1. The maximum absolute atomic E-state index is 13.3. The predicted octanol–water partition coefficient (Wildman–Crippen LogP) is 6.30. The summed E-state index contributed by atoms with van der Waals surface area (Å²) in [5.74, 6) is -0.216. The summed E-state index contributed by atoms with van der Waals surface area (Å²) in [6.45, 7) is 8.76. The van der Waals surface area contributed by atoms with Gasteiger partial charge < -0.3 is 0 Å². The van der Waals surface area contributed by atoms with Gasteiger partial charge in [-0.3, -0.25) is 4.98 Å². The standard InChI is InChI=1S/C28H26FN2/c1-17-14-24-22-12-6-18(2)30-27(22)28(3,4)25(24)15-23(17)26-13-9-20(16-31(26)5)19-7-10-21(29)11-8-19/h6-16H,1-5H3/q+1. The first kappa shape index (κ1) is 19.6. The van der Waals surface area contributed by atoms with Crippen LogP contribution in [0.25, 0.3) is 33.5 Å². The van der Waals surface area contributed by atoms with Crippen LogP contribution in [-0.4, -0.2) is 4.98 Å². The minimum absolute atomic E-state index is 0.133. The van der Waals surface area contributed by atoms with Crippen LogP contribution in [0.15, 0.2) is 66.9 Å². The number of rotatable bonds is 2. The predicted molar refractivity (Wildman–Crippen MR) is 123 cm³/mol. The van der Waals surface area contributed by atoms with Gasteiger partial charge in [-0.25, -0.2) is 8.96 Å². The lowest BCUT2D eigenvalue weighted by molar-refractivity contribution is -0.659. The van der Waals surface area contributed by atoms with Crippen molar-refractivity contribution in [2.45, 2.75) is 33.1 Å². The molecule has 3 heteroatoms. The molecule has 2 aromatic carbocycles. The van der Waals surface area contributed by atoms with Gasteiger partial charge in [0.15, 0.2) is 6.20 Å². The first-order chi connectivity index (χ1) is 14.8. The normalized spacial score (nSPS) is 13.7. The Morgan fingerprint density at radius 2 is 1.52 bits per heavy atom. The summed E-state index contributed by atoms with van der Waals surface area (Å²) in [5.41, 5.74) is 11.6. The minimum atomic E-state index is -0.216. The SMILES string of the molecule is Cc1ccc2c(n1)C(C)(C)c1cc(-c3ccc(-c4ccc(F)cc4)c[n+]3C)c(C)cc1-2. The van der Waals surface area contributed by atoms with Crippen LogP contribution in [0.2, 0.25) is 0 Å². The molecule has 0 bridgehead atoms. The highest BCUT2D eigenvalue weighted by Crippen LogP contribution is 2.49. The highest BCUT2D eigenvalue weighted by Gasteiger charge is 2.38. The number of halogens is 1. The van der Waals surface area contributed by atoms with Crippen molar-refractivity contribution in [1.29, 1.82) is 0 Å². The van der Waals surface area contributed by atoms with Crippen LogP contribution < -0.4 is 4.57 Å². The van der Waals surface area contributed by atoms with E-state index in [0.29, 0.717) is 0 Å². The molecule has 0 N–H and O–H groups in total. The monoisotopic (exact) mass is 409 g/mol. The fourth-order valence-corrected chi connectivity index (χ4v) is 4.80. The van der Waals surface area contributed by atoms with Gasteiger partial charge in [0.1, 0.15) is 12.9 Å². The van der Waals surface area contributed by atoms with E-state index in [1.54, 1.807) is 0 Å². The van der Waals surface area contributed by atoms with Crippen molar-refractivity contribution in [3.8, 4) is 33.5 Å². The van der Waals surface area contributed by atoms with E-state index in [1.807, 2.05) is 12.1 Å². The number of benzene rings is 2. The van der Waals surface area contributed by atoms with Crippen molar-refractivity contribution >= 4 is 0 Å². The Bertz CT molecular complexity index is 1330. The number of hydrogen-bond donors (Lipinski definition) is 0. The van der Waals surface area contributed by atoms with E-state index in [2.05, 4.69) is 81.9 Å². The van der Waals surface area contributed by atoms with Gasteiger partial charge in [-0.2, -0.15) is 0 Å². The third kappa shape index (κ3) is 3.07. The molecule has 0 amide bonds. The summed E-state index contributed by atoms with van der Waals surface area (Å²) in [6, 6.07) is 19.9. The maximum Gasteiger partial charge on any atom is 0.212 e. The van der Waals surface area contributed by atoms with Crippen LogP contribution in [0, 0.1) is 19.7 Å². The molecule has 2 aromatic heterocycles. The molecule has 0 saturated carbocycles.